The number of thioether (sulfide) groups is 1. The molecule has 76 valence electrons. The summed E-state index contributed by atoms with van der Waals surface area (Å²) in [5.41, 5.74) is 0. The Morgan fingerprint density at radius 1 is 1.08 bits per heavy atom. The topological polar surface area (TPSA) is 12.0 Å². The lowest BCUT2D eigenvalue weighted by Crippen LogP contribution is -2.33. The van der Waals surface area contributed by atoms with Crippen LogP contribution in [0.15, 0.2) is 0 Å². The molecule has 0 amide bonds. The maximum absolute atomic E-state index is 3.69. The number of hydrogen-bond donors (Lipinski definition) is 1. The Bertz CT molecular complexity index is 139. The van der Waals surface area contributed by atoms with Crippen molar-refractivity contribution in [3.63, 3.8) is 0 Å². The van der Waals surface area contributed by atoms with Crippen molar-refractivity contribution in [2.75, 3.05) is 18.1 Å². The lowest BCUT2D eigenvalue weighted by molar-refractivity contribution is 0.467. The molecule has 2 heteroatoms. The molecule has 1 aliphatic carbocycles. The molecule has 0 bridgehead atoms. The zero-order chi connectivity index (χ0) is 8.93. The molecule has 0 aromatic carbocycles. The summed E-state index contributed by atoms with van der Waals surface area (Å²) in [6.07, 6.45) is 8.71. The minimum absolute atomic E-state index is 0.848. The SMILES string of the molecule is C(CNC1CCSCC1)CC1CC1. The Hall–Kier alpha value is 0.310. The molecule has 1 saturated heterocycles. The van der Waals surface area contributed by atoms with Crippen LogP contribution in [-0.4, -0.2) is 24.1 Å². The van der Waals surface area contributed by atoms with Crippen molar-refractivity contribution in [1.82, 2.24) is 5.32 Å². The van der Waals surface area contributed by atoms with E-state index < -0.39 is 0 Å². The molecule has 0 unspecified atom stereocenters. The molecule has 2 aliphatic rings. The van der Waals surface area contributed by atoms with E-state index in [1.165, 1.54) is 56.6 Å². The fourth-order valence-corrected chi connectivity index (χ4v) is 3.11. The fraction of sp³-hybridized carbons (Fsp3) is 1.00. The van der Waals surface area contributed by atoms with Gasteiger partial charge in [-0.1, -0.05) is 12.8 Å². The van der Waals surface area contributed by atoms with Crippen molar-refractivity contribution >= 4 is 11.8 Å². The lowest BCUT2D eigenvalue weighted by atomic mass is 10.1. The van der Waals surface area contributed by atoms with E-state index in [0.29, 0.717) is 0 Å². The molecular weight excluding hydrogens is 178 g/mol. The minimum atomic E-state index is 0.848. The van der Waals surface area contributed by atoms with E-state index in [1.807, 2.05) is 0 Å². The minimum Gasteiger partial charge on any atom is -0.314 e. The third-order valence-electron chi connectivity index (χ3n) is 3.14. The summed E-state index contributed by atoms with van der Waals surface area (Å²) < 4.78 is 0. The van der Waals surface area contributed by atoms with E-state index in [-0.39, 0.29) is 0 Å². The summed E-state index contributed by atoms with van der Waals surface area (Å²) in [4.78, 5) is 0. The smallest absolute Gasteiger partial charge is 0.00827 e. The first kappa shape index (κ1) is 9.85. The molecule has 0 atom stereocenters. The van der Waals surface area contributed by atoms with Crippen LogP contribution in [0.4, 0.5) is 0 Å². The van der Waals surface area contributed by atoms with E-state index in [4.69, 9.17) is 0 Å². The van der Waals surface area contributed by atoms with Crippen LogP contribution in [0, 0.1) is 5.92 Å². The van der Waals surface area contributed by atoms with Gasteiger partial charge in [0.25, 0.3) is 0 Å². The van der Waals surface area contributed by atoms with Gasteiger partial charge in [0, 0.05) is 6.04 Å². The van der Waals surface area contributed by atoms with Gasteiger partial charge < -0.3 is 5.32 Å². The van der Waals surface area contributed by atoms with Gasteiger partial charge in [0.05, 0.1) is 0 Å². The molecule has 2 rings (SSSR count). The van der Waals surface area contributed by atoms with Crippen LogP contribution in [0.1, 0.15) is 38.5 Å². The quantitative estimate of drug-likeness (QED) is 0.683. The van der Waals surface area contributed by atoms with Crippen LogP contribution in [0.2, 0.25) is 0 Å². The normalized spacial score (nSPS) is 24.9. The zero-order valence-corrected chi connectivity index (χ0v) is 9.24. The summed E-state index contributed by atoms with van der Waals surface area (Å²) in [5, 5.41) is 3.69. The van der Waals surface area contributed by atoms with Gasteiger partial charge in [0.1, 0.15) is 0 Å². The second-order valence-electron chi connectivity index (χ2n) is 4.43. The van der Waals surface area contributed by atoms with Crippen molar-refractivity contribution in [2.24, 2.45) is 5.92 Å². The van der Waals surface area contributed by atoms with Gasteiger partial charge in [0.15, 0.2) is 0 Å². The van der Waals surface area contributed by atoms with E-state index in [1.54, 1.807) is 0 Å². The average Bonchev–Trinajstić information content (AvgIpc) is 2.98. The van der Waals surface area contributed by atoms with Crippen molar-refractivity contribution in [1.29, 1.82) is 0 Å². The molecule has 0 radical (unpaired) electrons. The third-order valence-corrected chi connectivity index (χ3v) is 4.19. The van der Waals surface area contributed by atoms with Gasteiger partial charge >= 0.3 is 0 Å². The first-order valence-electron chi connectivity index (χ1n) is 5.76. The molecule has 2 fully saturated rings. The third kappa shape index (κ3) is 3.90. The zero-order valence-electron chi connectivity index (χ0n) is 8.43. The Balaban J connectivity index is 1.46. The van der Waals surface area contributed by atoms with E-state index >= 15 is 0 Å². The Morgan fingerprint density at radius 2 is 1.85 bits per heavy atom. The average molecular weight is 199 g/mol. The predicted molar refractivity (Wildman–Crippen MR) is 60.3 cm³/mol. The molecule has 0 aromatic heterocycles. The van der Waals surface area contributed by atoms with Crippen molar-refractivity contribution in [2.45, 2.75) is 44.6 Å². The van der Waals surface area contributed by atoms with Crippen LogP contribution in [0.5, 0.6) is 0 Å². The largest absolute Gasteiger partial charge is 0.314 e. The van der Waals surface area contributed by atoms with Crippen molar-refractivity contribution in [3.05, 3.63) is 0 Å². The van der Waals surface area contributed by atoms with Gasteiger partial charge in [-0.2, -0.15) is 11.8 Å². The Labute approximate surface area is 86.0 Å². The maximum atomic E-state index is 3.69. The molecule has 0 aromatic rings. The summed E-state index contributed by atoms with van der Waals surface area (Å²) >= 11 is 2.11. The predicted octanol–water partition coefficient (Wildman–Crippen LogP) is 2.66. The van der Waals surface area contributed by atoms with Crippen LogP contribution >= 0.6 is 11.8 Å². The van der Waals surface area contributed by atoms with Gasteiger partial charge in [-0.05, 0) is 49.7 Å². The fourth-order valence-electron chi connectivity index (χ4n) is 2.01. The van der Waals surface area contributed by atoms with E-state index in [2.05, 4.69) is 17.1 Å². The first-order chi connectivity index (χ1) is 6.45. The van der Waals surface area contributed by atoms with Crippen LogP contribution in [0.3, 0.4) is 0 Å². The second kappa shape index (κ2) is 5.26. The monoisotopic (exact) mass is 199 g/mol. The van der Waals surface area contributed by atoms with Crippen LogP contribution < -0.4 is 5.32 Å². The molecular formula is C11H21NS. The highest BCUT2D eigenvalue weighted by atomic mass is 32.2. The van der Waals surface area contributed by atoms with Crippen molar-refractivity contribution in [3.8, 4) is 0 Å². The summed E-state index contributed by atoms with van der Waals surface area (Å²) in [6.45, 7) is 1.27. The molecule has 1 heterocycles. The molecule has 1 saturated carbocycles. The molecule has 13 heavy (non-hydrogen) atoms. The highest BCUT2D eigenvalue weighted by Crippen LogP contribution is 2.33. The van der Waals surface area contributed by atoms with Crippen LogP contribution in [-0.2, 0) is 0 Å². The Morgan fingerprint density at radius 3 is 2.54 bits per heavy atom. The number of nitrogens with one attached hydrogen (secondary N) is 1. The molecule has 1 nitrogen and oxygen atoms in total. The molecule has 1 aliphatic heterocycles. The van der Waals surface area contributed by atoms with Gasteiger partial charge in [-0.3, -0.25) is 0 Å². The van der Waals surface area contributed by atoms with E-state index in [9.17, 15) is 0 Å². The summed E-state index contributed by atoms with van der Waals surface area (Å²) in [6, 6.07) is 0.848. The highest BCUT2D eigenvalue weighted by Gasteiger charge is 2.20. The summed E-state index contributed by atoms with van der Waals surface area (Å²) in [5.74, 6) is 3.87. The van der Waals surface area contributed by atoms with Crippen molar-refractivity contribution < 1.29 is 0 Å². The Kier molecular flexibility index (Phi) is 3.98. The van der Waals surface area contributed by atoms with Gasteiger partial charge in [-0.15, -0.1) is 0 Å². The lowest BCUT2D eigenvalue weighted by Gasteiger charge is -2.22. The standard InChI is InChI=1S/C11H21NS/c1(2-10-3-4-10)7-12-11-5-8-13-9-6-11/h10-12H,1-9H2. The van der Waals surface area contributed by atoms with E-state index in [0.717, 1.165) is 12.0 Å². The maximum Gasteiger partial charge on any atom is 0.00827 e. The molecule has 1 N–H and O–H groups in total. The summed E-state index contributed by atoms with van der Waals surface area (Å²) in [7, 11) is 0. The highest BCUT2D eigenvalue weighted by molar-refractivity contribution is 7.99. The van der Waals surface area contributed by atoms with Gasteiger partial charge in [0.2, 0.25) is 0 Å². The first-order valence-corrected chi connectivity index (χ1v) is 6.92. The number of hydrogen-bond acceptors (Lipinski definition) is 2. The number of rotatable bonds is 5. The second-order valence-corrected chi connectivity index (χ2v) is 5.65. The van der Waals surface area contributed by atoms with Gasteiger partial charge in [-0.25, -0.2) is 0 Å². The molecule has 0 spiro atoms. The van der Waals surface area contributed by atoms with Crippen LogP contribution in [0.25, 0.3) is 0 Å².